The largest absolute Gasteiger partial charge is 0.355 e. The van der Waals surface area contributed by atoms with Gasteiger partial charge in [-0.05, 0) is 12.1 Å². The minimum atomic E-state index is 0.489. The molecule has 15 heavy (non-hydrogen) atoms. The van der Waals surface area contributed by atoms with E-state index >= 15 is 0 Å². The van der Waals surface area contributed by atoms with Crippen LogP contribution in [0.5, 0.6) is 0 Å². The third-order valence-corrected chi connectivity index (χ3v) is 1.91. The zero-order valence-electron chi connectivity index (χ0n) is 8.90. The highest BCUT2D eigenvalue weighted by atomic mass is 15.2. The zero-order chi connectivity index (χ0) is 10.9. The number of hydrogen-bond donors (Lipinski definition) is 2. The van der Waals surface area contributed by atoms with Crippen LogP contribution in [-0.2, 0) is 6.54 Å². The molecule has 0 atom stereocenters. The first-order valence-corrected chi connectivity index (χ1v) is 4.85. The van der Waals surface area contributed by atoms with Crippen molar-refractivity contribution in [3.8, 4) is 12.3 Å². The van der Waals surface area contributed by atoms with Gasteiger partial charge >= 0.3 is 0 Å². The smallest absolute Gasteiger partial charge is 0.191 e. The van der Waals surface area contributed by atoms with Crippen LogP contribution in [0.3, 0.4) is 0 Å². The molecule has 1 rings (SSSR count). The van der Waals surface area contributed by atoms with E-state index in [0.717, 1.165) is 19.0 Å². The lowest BCUT2D eigenvalue weighted by atomic mass is 10.6. The molecule has 0 bridgehead atoms. The summed E-state index contributed by atoms with van der Waals surface area (Å²) in [5.74, 6) is 3.24. The summed E-state index contributed by atoms with van der Waals surface area (Å²) in [5.41, 5.74) is 0. The van der Waals surface area contributed by atoms with Gasteiger partial charge in [-0.3, -0.25) is 4.99 Å². The molecule has 0 unspecified atom stereocenters. The van der Waals surface area contributed by atoms with E-state index in [1.807, 2.05) is 24.5 Å². The lowest BCUT2D eigenvalue weighted by Gasteiger charge is -2.10. The van der Waals surface area contributed by atoms with Crippen LogP contribution in [0, 0.1) is 12.3 Å². The van der Waals surface area contributed by atoms with Crippen LogP contribution in [0.15, 0.2) is 29.5 Å². The maximum Gasteiger partial charge on any atom is 0.191 e. The van der Waals surface area contributed by atoms with E-state index in [1.54, 1.807) is 7.05 Å². The summed E-state index contributed by atoms with van der Waals surface area (Å²) in [6, 6.07) is 4.01. The van der Waals surface area contributed by atoms with Crippen molar-refractivity contribution in [1.29, 1.82) is 0 Å². The summed E-state index contributed by atoms with van der Waals surface area (Å²) in [6.07, 6.45) is 9.19. The highest BCUT2D eigenvalue weighted by molar-refractivity contribution is 5.79. The number of hydrogen-bond acceptors (Lipinski definition) is 1. The predicted octanol–water partition coefficient (Wildman–Crippen LogP) is 0.286. The number of guanidine groups is 1. The zero-order valence-corrected chi connectivity index (χ0v) is 8.90. The molecule has 0 spiro atoms. The third-order valence-electron chi connectivity index (χ3n) is 1.91. The van der Waals surface area contributed by atoms with Crippen LogP contribution >= 0.6 is 0 Å². The van der Waals surface area contributed by atoms with Crippen molar-refractivity contribution in [1.82, 2.24) is 15.2 Å². The average Bonchev–Trinajstić information content (AvgIpc) is 2.76. The molecule has 0 aliphatic carbocycles. The van der Waals surface area contributed by atoms with Gasteiger partial charge in [0.15, 0.2) is 5.96 Å². The number of rotatable bonds is 4. The van der Waals surface area contributed by atoms with Crippen molar-refractivity contribution in [2.75, 3.05) is 20.1 Å². The summed E-state index contributed by atoms with van der Waals surface area (Å²) >= 11 is 0. The van der Waals surface area contributed by atoms with Gasteiger partial charge in [-0.1, -0.05) is 5.92 Å². The van der Waals surface area contributed by atoms with E-state index in [0.29, 0.717) is 6.54 Å². The van der Waals surface area contributed by atoms with Gasteiger partial charge in [0.05, 0.1) is 6.54 Å². The van der Waals surface area contributed by atoms with E-state index in [9.17, 15) is 0 Å². The Hall–Kier alpha value is -1.89. The topological polar surface area (TPSA) is 41.4 Å². The Morgan fingerprint density at radius 2 is 2.13 bits per heavy atom. The predicted molar refractivity (Wildman–Crippen MR) is 62.6 cm³/mol. The molecular weight excluding hydrogens is 188 g/mol. The first-order valence-electron chi connectivity index (χ1n) is 4.85. The third kappa shape index (κ3) is 4.23. The fraction of sp³-hybridized carbons (Fsp3) is 0.364. The number of aromatic nitrogens is 1. The highest BCUT2D eigenvalue weighted by Gasteiger charge is 1.94. The van der Waals surface area contributed by atoms with Crippen LogP contribution in [0.25, 0.3) is 0 Å². The van der Waals surface area contributed by atoms with E-state index in [4.69, 9.17) is 6.42 Å². The van der Waals surface area contributed by atoms with Crippen molar-refractivity contribution < 1.29 is 0 Å². The molecule has 0 amide bonds. The number of nitrogens with zero attached hydrogens (tertiary/aromatic N) is 2. The molecule has 2 N–H and O–H groups in total. The Morgan fingerprint density at radius 3 is 2.73 bits per heavy atom. The first-order chi connectivity index (χ1) is 7.36. The van der Waals surface area contributed by atoms with Gasteiger partial charge in [-0.15, -0.1) is 6.42 Å². The first kappa shape index (κ1) is 11.2. The second-order valence-electron chi connectivity index (χ2n) is 2.98. The van der Waals surface area contributed by atoms with E-state index in [-0.39, 0.29) is 0 Å². The van der Waals surface area contributed by atoms with Crippen molar-refractivity contribution in [2.45, 2.75) is 6.54 Å². The Kier molecular flexibility index (Phi) is 4.88. The van der Waals surface area contributed by atoms with E-state index in [2.05, 4.69) is 26.1 Å². The Bertz CT molecular complexity index is 332. The van der Waals surface area contributed by atoms with Crippen LogP contribution < -0.4 is 10.6 Å². The van der Waals surface area contributed by atoms with E-state index in [1.165, 1.54) is 0 Å². The SMILES string of the molecule is C#CCNC(=NC)NCCn1cccc1. The molecular formula is C11H16N4. The van der Waals surface area contributed by atoms with Crippen LogP contribution in [0.1, 0.15) is 0 Å². The Morgan fingerprint density at radius 1 is 1.40 bits per heavy atom. The molecule has 4 heteroatoms. The summed E-state index contributed by atoms with van der Waals surface area (Å²) in [7, 11) is 1.72. The molecule has 0 saturated heterocycles. The normalized spacial score (nSPS) is 10.8. The van der Waals surface area contributed by atoms with Gasteiger partial charge in [0.25, 0.3) is 0 Å². The molecule has 0 saturated carbocycles. The molecule has 80 valence electrons. The number of nitrogens with one attached hydrogen (secondary N) is 2. The average molecular weight is 204 g/mol. The molecule has 0 radical (unpaired) electrons. The number of terminal acetylenes is 1. The standard InChI is InChI=1S/C11H16N4/c1-3-6-13-11(12-2)14-7-10-15-8-4-5-9-15/h1,4-5,8-9H,6-7,10H2,2H3,(H2,12,13,14). The minimum Gasteiger partial charge on any atom is -0.355 e. The summed E-state index contributed by atoms with van der Waals surface area (Å²) in [5, 5.41) is 6.16. The minimum absolute atomic E-state index is 0.489. The molecule has 1 aromatic heterocycles. The van der Waals surface area contributed by atoms with Crippen LogP contribution in [-0.4, -0.2) is 30.7 Å². The summed E-state index contributed by atoms with van der Waals surface area (Å²) < 4.78 is 2.10. The van der Waals surface area contributed by atoms with Gasteiger partial charge in [-0.25, -0.2) is 0 Å². The maximum atomic E-state index is 5.14. The fourth-order valence-electron chi connectivity index (χ4n) is 1.18. The van der Waals surface area contributed by atoms with Gasteiger partial charge in [0.2, 0.25) is 0 Å². The van der Waals surface area contributed by atoms with Crippen LogP contribution in [0.2, 0.25) is 0 Å². The van der Waals surface area contributed by atoms with Gasteiger partial charge in [-0.2, -0.15) is 0 Å². The lowest BCUT2D eigenvalue weighted by molar-refractivity contribution is 0.669. The molecule has 4 nitrogen and oxygen atoms in total. The highest BCUT2D eigenvalue weighted by Crippen LogP contribution is 1.87. The maximum absolute atomic E-state index is 5.14. The number of aliphatic imine (C=N–C) groups is 1. The molecule has 1 heterocycles. The van der Waals surface area contributed by atoms with E-state index < -0.39 is 0 Å². The van der Waals surface area contributed by atoms with Crippen molar-refractivity contribution >= 4 is 5.96 Å². The molecule has 0 fully saturated rings. The molecule has 0 aliphatic rings. The van der Waals surface area contributed by atoms with Gasteiger partial charge in [0, 0.05) is 32.5 Å². The van der Waals surface area contributed by atoms with Gasteiger partial charge in [0.1, 0.15) is 0 Å². The molecule has 1 aromatic rings. The van der Waals surface area contributed by atoms with Crippen molar-refractivity contribution in [2.24, 2.45) is 4.99 Å². The monoisotopic (exact) mass is 204 g/mol. The second-order valence-corrected chi connectivity index (χ2v) is 2.98. The summed E-state index contributed by atoms with van der Waals surface area (Å²) in [6.45, 7) is 2.21. The Balaban J connectivity index is 2.21. The van der Waals surface area contributed by atoms with Crippen molar-refractivity contribution in [3.63, 3.8) is 0 Å². The summed E-state index contributed by atoms with van der Waals surface area (Å²) in [4.78, 5) is 4.03. The molecule has 0 aliphatic heterocycles. The van der Waals surface area contributed by atoms with Gasteiger partial charge < -0.3 is 15.2 Å². The quantitative estimate of drug-likeness (QED) is 0.420. The Labute approximate surface area is 90.4 Å². The van der Waals surface area contributed by atoms with Crippen molar-refractivity contribution in [3.05, 3.63) is 24.5 Å². The lowest BCUT2D eigenvalue weighted by Crippen LogP contribution is -2.38. The second kappa shape index (κ2) is 6.55. The van der Waals surface area contributed by atoms with Crippen LogP contribution in [0.4, 0.5) is 0 Å². The molecule has 0 aromatic carbocycles. The fourth-order valence-corrected chi connectivity index (χ4v) is 1.18.